The molecule has 6 heteroatoms. The molecule has 0 spiro atoms. The molecule has 2 aromatic heterocycles. The summed E-state index contributed by atoms with van der Waals surface area (Å²) in [7, 11) is 0. The standard InChI is InChI=1S/C31H29N3O3/c1-21(2)25-19-28(37-24-14-8-5-9-15-24)22(3)18-26(25)32-30(35)29-27-16-10-11-17-34(27)33-31(29)36-20-23-12-6-4-7-13-23/h4-19,21H,20H2,1-3H3,(H,32,35). The monoisotopic (exact) mass is 491 g/mol. The van der Waals surface area contributed by atoms with Crippen molar-refractivity contribution in [1.29, 1.82) is 0 Å². The Morgan fingerprint density at radius 3 is 2.38 bits per heavy atom. The van der Waals surface area contributed by atoms with E-state index in [1.54, 1.807) is 10.7 Å². The smallest absolute Gasteiger partial charge is 0.263 e. The van der Waals surface area contributed by atoms with Crippen molar-refractivity contribution in [2.24, 2.45) is 0 Å². The van der Waals surface area contributed by atoms with Crippen LogP contribution in [0.5, 0.6) is 17.4 Å². The summed E-state index contributed by atoms with van der Waals surface area (Å²) in [6, 6.07) is 29.1. The maximum Gasteiger partial charge on any atom is 0.263 e. The van der Waals surface area contributed by atoms with Gasteiger partial charge in [-0.05, 0) is 65.9 Å². The molecular formula is C31H29N3O3. The predicted molar refractivity (Wildman–Crippen MR) is 146 cm³/mol. The van der Waals surface area contributed by atoms with Gasteiger partial charge in [0.2, 0.25) is 5.88 Å². The Labute approximate surface area is 216 Å². The van der Waals surface area contributed by atoms with Crippen LogP contribution in [0, 0.1) is 6.92 Å². The number of carbonyl (C=O) groups is 1. The largest absolute Gasteiger partial charge is 0.471 e. The number of hydrogen-bond donors (Lipinski definition) is 1. The van der Waals surface area contributed by atoms with Crippen LogP contribution in [-0.4, -0.2) is 15.5 Å². The molecule has 0 radical (unpaired) electrons. The fourth-order valence-electron chi connectivity index (χ4n) is 4.22. The van der Waals surface area contributed by atoms with Crippen molar-refractivity contribution in [1.82, 2.24) is 9.61 Å². The Kier molecular flexibility index (Phi) is 6.90. The molecule has 0 unspecified atom stereocenters. The molecule has 1 amide bonds. The number of benzene rings is 3. The molecule has 0 atom stereocenters. The minimum atomic E-state index is -0.276. The molecule has 5 rings (SSSR count). The Hall–Kier alpha value is -4.58. The highest BCUT2D eigenvalue weighted by Crippen LogP contribution is 2.35. The van der Waals surface area contributed by atoms with E-state index in [-0.39, 0.29) is 11.8 Å². The van der Waals surface area contributed by atoms with E-state index in [4.69, 9.17) is 9.47 Å². The topological polar surface area (TPSA) is 64.9 Å². The molecule has 0 fully saturated rings. The zero-order valence-corrected chi connectivity index (χ0v) is 21.1. The number of hydrogen-bond acceptors (Lipinski definition) is 4. The minimum Gasteiger partial charge on any atom is -0.471 e. The summed E-state index contributed by atoms with van der Waals surface area (Å²) >= 11 is 0. The zero-order chi connectivity index (χ0) is 25.8. The molecule has 0 bridgehead atoms. The lowest BCUT2D eigenvalue weighted by Gasteiger charge is -2.18. The number of aromatic nitrogens is 2. The van der Waals surface area contributed by atoms with Crippen LogP contribution in [0.4, 0.5) is 5.69 Å². The molecule has 3 aromatic carbocycles. The molecule has 186 valence electrons. The Balaban J connectivity index is 1.46. The summed E-state index contributed by atoms with van der Waals surface area (Å²) < 4.78 is 13.8. The van der Waals surface area contributed by atoms with Gasteiger partial charge in [0.1, 0.15) is 23.7 Å². The lowest BCUT2D eigenvalue weighted by molar-refractivity contribution is 0.102. The van der Waals surface area contributed by atoms with Crippen LogP contribution < -0.4 is 14.8 Å². The maximum atomic E-state index is 13.7. The first kappa shape index (κ1) is 24.1. The van der Waals surface area contributed by atoms with Gasteiger partial charge >= 0.3 is 0 Å². The third-order valence-corrected chi connectivity index (χ3v) is 6.14. The lowest BCUT2D eigenvalue weighted by atomic mass is 9.98. The average molecular weight is 492 g/mol. The number of aryl methyl sites for hydroxylation is 1. The van der Waals surface area contributed by atoms with Crippen LogP contribution >= 0.6 is 0 Å². The van der Waals surface area contributed by atoms with Gasteiger partial charge in [-0.15, -0.1) is 5.10 Å². The molecule has 0 saturated heterocycles. The summed E-state index contributed by atoms with van der Waals surface area (Å²) in [5.41, 5.74) is 4.71. The highest BCUT2D eigenvalue weighted by molar-refractivity contribution is 6.11. The van der Waals surface area contributed by atoms with Crippen LogP contribution in [0.1, 0.15) is 46.8 Å². The Morgan fingerprint density at radius 1 is 0.946 bits per heavy atom. The van der Waals surface area contributed by atoms with E-state index in [0.29, 0.717) is 23.6 Å². The first-order valence-electron chi connectivity index (χ1n) is 12.3. The Morgan fingerprint density at radius 2 is 1.65 bits per heavy atom. The zero-order valence-electron chi connectivity index (χ0n) is 21.1. The summed E-state index contributed by atoms with van der Waals surface area (Å²) in [6.07, 6.45) is 1.81. The fraction of sp³-hybridized carbons (Fsp3) is 0.161. The number of fused-ring (bicyclic) bond motifs is 1. The first-order valence-corrected chi connectivity index (χ1v) is 12.3. The molecule has 0 aliphatic carbocycles. The molecule has 6 nitrogen and oxygen atoms in total. The highest BCUT2D eigenvalue weighted by Gasteiger charge is 2.23. The van der Waals surface area contributed by atoms with Gasteiger partial charge in [0, 0.05) is 11.9 Å². The SMILES string of the molecule is Cc1cc(NC(=O)c2c(OCc3ccccc3)nn3ccccc23)c(C(C)C)cc1Oc1ccccc1. The van der Waals surface area contributed by atoms with Crippen LogP contribution in [0.2, 0.25) is 0 Å². The number of para-hydroxylation sites is 1. The van der Waals surface area contributed by atoms with Crippen LogP contribution in [0.25, 0.3) is 5.52 Å². The molecular weight excluding hydrogens is 462 g/mol. The molecule has 0 saturated carbocycles. The van der Waals surface area contributed by atoms with Crippen LogP contribution in [0.15, 0.2) is 97.2 Å². The van der Waals surface area contributed by atoms with Gasteiger partial charge in [0.25, 0.3) is 5.91 Å². The quantitative estimate of drug-likeness (QED) is 0.246. The molecule has 37 heavy (non-hydrogen) atoms. The first-order chi connectivity index (χ1) is 18.0. The minimum absolute atomic E-state index is 0.159. The van der Waals surface area contributed by atoms with Crippen molar-refractivity contribution in [3.05, 3.63) is 119 Å². The number of rotatable bonds is 8. The van der Waals surface area contributed by atoms with Crippen molar-refractivity contribution in [2.75, 3.05) is 5.32 Å². The van der Waals surface area contributed by atoms with E-state index >= 15 is 0 Å². The van der Waals surface area contributed by atoms with E-state index in [9.17, 15) is 4.79 Å². The second kappa shape index (κ2) is 10.6. The van der Waals surface area contributed by atoms with Gasteiger partial charge < -0.3 is 14.8 Å². The van der Waals surface area contributed by atoms with Gasteiger partial charge in [-0.25, -0.2) is 4.52 Å². The van der Waals surface area contributed by atoms with E-state index in [1.165, 1.54) is 0 Å². The summed E-state index contributed by atoms with van der Waals surface area (Å²) in [4.78, 5) is 13.7. The van der Waals surface area contributed by atoms with Gasteiger partial charge in [-0.2, -0.15) is 0 Å². The predicted octanol–water partition coefficient (Wildman–Crippen LogP) is 7.39. The Bertz CT molecular complexity index is 1530. The molecule has 1 N–H and O–H groups in total. The molecule has 2 heterocycles. The fourth-order valence-corrected chi connectivity index (χ4v) is 4.22. The maximum absolute atomic E-state index is 13.7. The summed E-state index contributed by atoms with van der Waals surface area (Å²) in [5.74, 6) is 1.70. The van der Waals surface area contributed by atoms with E-state index in [2.05, 4.69) is 24.3 Å². The lowest BCUT2D eigenvalue weighted by Crippen LogP contribution is -2.15. The van der Waals surface area contributed by atoms with Gasteiger partial charge in [0.05, 0.1) is 5.52 Å². The third-order valence-electron chi connectivity index (χ3n) is 6.14. The third kappa shape index (κ3) is 5.33. The molecule has 0 aliphatic heterocycles. The summed E-state index contributed by atoms with van der Waals surface area (Å²) in [6.45, 7) is 6.47. The van der Waals surface area contributed by atoms with Crippen LogP contribution in [-0.2, 0) is 6.61 Å². The summed E-state index contributed by atoms with van der Waals surface area (Å²) in [5, 5.41) is 7.67. The van der Waals surface area contributed by atoms with E-state index < -0.39 is 0 Å². The van der Waals surface area contributed by atoms with E-state index in [0.717, 1.165) is 33.9 Å². The van der Waals surface area contributed by atoms with Gasteiger partial charge in [-0.3, -0.25) is 4.79 Å². The highest BCUT2D eigenvalue weighted by atomic mass is 16.5. The van der Waals surface area contributed by atoms with Gasteiger partial charge in [0.15, 0.2) is 0 Å². The van der Waals surface area contributed by atoms with Crippen molar-refractivity contribution in [3.63, 3.8) is 0 Å². The number of carbonyl (C=O) groups excluding carboxylic acids is 1. The number of nitrogens with one attached hydrogen (secondary N) is 1. The average Bonchev–Trinajstić information content (AvgIpc) is 3.28. The van der Waals surface area contributed by atoms with Gasteiger partial charge in [-0.1, -0.05) is 68.4 Å². The number of ether oxygens (including phenoxy) is 2. The van der Waals surface area contributed by atoms with Crippen molar-refractivity contribution < 1.29 is 14.3 Å². The number of anilines is 1. The van der Waals surface area contributed by atoms with Crippen molar-refractivity contribution >= 4 is 17.1 Å². The van der Waals surface area contributed by atoms with Crippen molar-refractivity contribution in [3.8, 4) is 17.4 Å². The van der Waals surface area contributed by atoms with Crippen molar-refractivity contribution in [2.45, 2.75) is 33.3 Å². The van der Waals surface area contributed by atoms with Crippen LogP contribution in [0.3, 0.4) is 0 Å². The van der Waals surface area contributed by atoms with E-state index in [1.807, 2.05) is 97.9 Å². The normalized spacial score (nSPS) is 11.0. The second-order valence-electron chi connectivity index (χ2n) is 9.21. The molecule has 5 aromatic rings. The number of pyridine rings is 1. The number of nitrogens with zero attached hydrogens (tertiary/aromatic N) is 2. The number of amides is 1. The molecule has 0 aliphatic rings. The second-order valence-corrected chi connectivity index (χ2v) is 9.21.